The van der Waals surface area contributed by atoms with Crippen LogP contribution in [0.3, 0.4) is 0 Å². The zero-order valence-electron chi connectivity index (χ0n) is 6.44. The van der Waals surface area contributed by atoms with Gasteiger partial charge < -0.3 is 20.6 Å². The van der Waals surface area contributed by atoms with Crippen LogP contribution >= 0.6 is 0 Å². The molecule has 0 bridgehead atoms. The monoisotopic (exact) mass is 169 g/mol. The third-order valence-corrected chi connectivity index (χ3v) is 1.30. The highest BCUT2D eigenvalue weighted by Gasteiger charge is 2.16. The molecule has 66 valence electrons. The van der Waals surface area contributed by atoms with Crippen molar-refractivity contribution in [2.24, 2.45) is 0 Å². The summed E-state index contributed by atoms with van der Waals surface area (Å²) in [6.45, 7) is -0.322. The number of para-hydroxylation sites is 1. The Morgan fingerprint density at radius 1 is 1.08 bits per heavy atom. The number of anilines is 1. The van der Waals surface area contributed by atoms with Gasteiger partial charge in [0.1, 0.15) is 0 Å². The molecule has 4 nitrogen and oxygen atoms in total. The third-order valence-electron chi connectivity index (χ3n) is 1.30. The van der Waals surface area contributed by atoms with Crippen LogP contribution in [0.5, 0.6) is 0 Å². The molecule has 0 radical (unpaired) electrons. The normalized spacial score (nSPS) is 11.2. The summed E-state index contributed by atoms with van der Waals surface area (Å²) in [5.41, 5.74) is 0.721. The highest BCUT2D eigenvalue weighted by molar-refractivity contribution is 5.42. The van der Waals surface area contributed by atoms with Gasteiger partial charge in [-0.05, 0) is 12.1 Å². The lowest BCUT2D eigenvalue weighted by molar-refractivity contribution is -0.300. The van der Waals surface area contributed by atoms with Crippen molar-refractivity contribution < 1.29 is 15.3 Å². The molecule has 0 aliphatic carbocycles. The van der Waals surface area contributed by atoms with E-state index in [4.69, 9.17) is 15.3 Å². The lowest BCUT2D eigenvalue weighted by atomic mass is 10.3. The largest absolute Gasteiger partial charge is 0.377 e. The van der Waals surface area contributed by atoms with E-state index in [0.717, 1.165) is 5.69 Å². The zero-order chi connectivity index (χ0) is 9.03. The summed E-state index contributed by atoms with van der Waals surface area (Å²) in [5.74, 6) is -2.66. The van der Waals surface area contributed by atoms with Crippen molar-refractivity contribution in [1.29, 1.82) is 0 Å². The number of benzene rings is 1. The van der Waals surface area contributed by atoms with E-state index in [2.05, 4.69) is 5.32 Å². The van der Waals surface area contributed by atoms with E-state index in [0.29, 0.717) is 0 Å². The zero-order valence-corrected chi connectivity index (χ0v) is 6.44. The first kappa shape index (κ1) is 8.99. The van der Waals surface area contributed by atoms with E-state index in [1.807, 2.05) is 6.07 Å². The lowest BCUT2D eigenvalue weighted by Gasteiger charge is -2.15. The van der Waals surface area contributed by atoms with E-state index >= 15 is 0 Å². The van der Waals surface area contributed by atoms with Gasteiger partial charge in [-0.2, -0.15) is 0 Å². The molecule has 0 unspecified atom stereocenters. The van der Waals surface area contributed by atoms with Gasteiger partial charge >= 0.3 is 0 Å². The van der Waals surface area contributed by atoms with Crippen LogP contribution < -0.4 is 5.32 Å². The molecule has 1 rings (SSSR count). The van der Waals surface area contributed by atoms with E-state index in [1.165, 1.54) is 0 Å². The Bertz CT molecular complexity index is 230. The molecule has 0 heterocycles. The molecule has 4 N–H and O–H groups in total. The molecule has 1 aromatic rings. The SMILES string of the molecule is OC(O)(O)CNc1ccccc1. The van der Waals surface area contributed by atoms with E-state index in [1.54, 1.807) is 24.3 Å². The minimum Gasteiger partial charge on any atom is -0.377 e. The molecule has 0 saturated heterocycles. The minimum absolute atomic E-state index is 0.322. The number of nitrogens with one attached hydrogen (secondary N) is 1. The Balaban J connectivity index is 2.44. The van der Waals surface area contributed by atoms with E-state index in [-0.39, 0.29) is 6.54 Å². The Morgan fingerprint density at radius 3 is 2.17 bits per heavy atom. The molecular weight excluding hydrogens is 158 g/mol. The second-order valence-corrected chi connectivity index (χ2v) is 2.49. The maximum Gasteiger partial charge on any atom is 0.293 e. The van der Waals surface area contributed by atoms with Crippen molar-refractivity contribution in [2.45, 2.75) is 5.97 Å². The van der Waals surface area contributed by atoms with Gasteiger partial charge in [0.25, 0.3) is 5.97 Å². The summed E-state index contributed by atoms with van der Waals surface area (Å²) in [4.78, 5) is 0. The molecule has 0 spiro atoms. The molecular formula is C8H11NO3. The highest BCUT2D eigenvalue weighted by Crippen LogP contribution is 2.05. The molecule has 0 aromatic heterocycles. The third kappa shape index (κ3) is 3.34. The smallest absolute Gasteiger partial charge is 0.293 e. The van der Waals surface area contributed by atoms with Gasteiger partial charge in [0.2, 0.25) is 0 Å². The van der Waals surface area contributed by atoms with Crippen LogP contribution in [0, 0.1) is 0 Å². The van der Waals surface area contributed by atoms with Crippen LogP contribution in [-0.2, 0) is 0 Å². The molecule has 0 aliphatic rings. The van der Waals surface area contributed by atoms with Crippen molar-refractivity contribution >= 4 is 5.69 Å². The summed E-state index contributed by atoms with van der Waals surface area (Å²) in [5, 5.41) is 28.2. The second kappa shape index (κ2) is 3.53. The van der Waals surface area contributed by atoms with Crippen LogP contribution in [0.1, 0.15) is 0 Å². The van der Waals surface area contributed by atoms with Crippen molar-refractivity contribution in [1.82, 2.24) is 0 Å². The van der Waals surface area contributed by atoms with Crippen LogP contribution in [0.4, 0.5) is 5.69 Å². The second-order valence-electron chi connectivity index (χ2n) is 2.49. The fourth-order valence-corrected chi connectivity index (χ4v) is 0.777. The average molecular weight is 169 g/mol. The van der Waals surface area contributed by atoms with Crippen LogP contribution in [0.25, 0.3) is 0 Å². The fourth-order valence-electron chi connectivity index (χ4n) is 0.777. The average Bonchev–Trinajstić information content (AvgIpc) is 2.02. The Labute approximate surface area is 70.1 Å². The standard InChI is InChI=1S/C8H11NO3/c10-8(11,12)6-9-7-4-2-1-3-5-7/h1-5,9-12H,6H2. The van der Waals surface area contributed by atoms with Crippen molar-refractivity contribution in [3.05, 3.63) is 30.3 Å². The highest BCUT2D eigenvalue weighted by atomic mass is 16.7. The predicted molar refractivity (Wildman–Crippen MR) is 44.3 cm³/mol. The van der Waals surface area contributed by atoms with Crippen molar-refractivity contribution in [3.63, 3.8) is 0 Å². The lowest BCUT2D eigenvalue weighted by Crippen LogP contribution is -2.35. The molecule has 12 heavy (non-hydrogen) atoms. The van der Waals surface area contributed by atoms with E-state index < -0.39 is 5.97 Å². The molecule has 0 fully saturated rings. The number of rotatable bonds is 3. The number of hydrogen-bond acceptors (Lipinski definition) is 4. The molecule has 0 aliphatic heterocycles. The van der Waals surface area contributed by atoms with Gasteiger partial charge in [-0.15, -0.1) is 0 Å². The van der Waals surface area contributed by atoms with Gasteiger partial charge in [0.05, 0.1) is 6.54 Å². The van der Waals surface area contributed by atoms with Crippen molar-refractivity contribution in [3.8, 4) is 0 Å². The number of aliphatic hydroxyl groups is 3. The molecule has 0 amide bonds. The fraction of sp³-hybridized carbons (Fsp3) is 0.250. The van der Waals surface area contributed by atoms with Gasteiger partial charge in [-0.25, -0.2) is 0 Å². The summed E-state index contributed by atoms with van der Waals surface area (Å²) < 4.78 is 0. The quantitative estimate of drug-likeness (QED) is 0.470. The predicted octanol–water partition coefficient (Wildman–Crippen LogP) is -0.271. The molecule has 0 saturated carbocycles. The minimum atomic E-state index is -2.66. The molecule has 0 atom stereocenters. The number of hydrogen-bond donors (Lipinski definition) is 4. The van der Waals surface area contributed by atoms with Gasteiger partial charge in [0.15, 0.2) is 0 Å². The Morgan fingerprint density at radius 2 is 1.67 bits per heavy atom. The van der Waals surface area contributed by atoms with Crippen molar-refractivity contribution in [2.75, 3.05) is 11.9 Å². The Kier molecular flexibility index (Phi) is 2.65. The van der Waals surface area contributed by atoms with Crippen LogP contribution in [0.2, 0.25) is 0 Å². The Hall–Kier alpha value is -1.10. The molecule has 4 heteroatoms. The first-order chi connectivity index (χ1) is 5.58. The first-order valence-electron chi connectivity index (χ1n) is 3.54. The van der Waals surface area contributed by atoms with E-state index in [9.17, 15) is 0 Å². The van der Waals surface area contributed by atoms with Gasteiger partial charge in [-0.1, -0.05) is 18.2 Å². The maximum absolute atomic E-state index is 8.53. The summed E-state index contributed by atoms with van der Waals surface area (Å²) in [6, 6.07) is 8.96. The van der Waals surface area contributed by atoms with Gasteiger partial charge in [-0.3, -0.25) is 0 Å². The van der Waals surface area contributed by atoms with Gasteiger partial charge in [0, 0.05) is 5.69 Å². The first-order valence-corrected chi connectivity index (χ1v) is 3.54. The summed E-state index contributed by atoms with van der Waals surface area (Å²) >= 11 is 0. The maximum atomic E-state index is 8.53. The summed E-state index contributed by atoms with van der Waals surface area (Å²) in [6.07, 6.45) is 0. The van der Waals surface area contributed by atoms with Crippen LogP contribution in [0.15, 0.2) is 30.3 Å². The summed E-state index contributed by atoms with van der Waals surface area (Å²) in [7, 11) is 0. The van der Waals surface area contributed by atoms with Crippen LogP contribution in [-0.4, -0.2) is 27.8 Å². The molecule has 1 aromatic carbocycles. The topological polar surface area (TPSA) is 72.7 Å².